The van der Waals surface area contributed by atoms with E-state index < -0.39 is 11.4 Å². The van der Waals surface area contributed by atoms with Crippen molar-refractivity contribution in [3.63, 3.8) is 0 Å². The van der Waals surface area contributed by atoms with Crippen molar-refractivity contribution in [1.29, 1.82) is 5.26 Å². The number of aromatic nitrogens is 1. The maximum absolute atomic E-state index is 12.9. The molecule has 8 nitrogen and oxygen atoms in total. The van der Waals surface area contributed by atoms with Gasteiger partial charge in [-0.05, 0) is 50.8 Å². The van der Waals surface area contributed by atoms with Gasteiger partial charge in [0.05, 0.1) is 23.4 Å². The predicted octanol–water partition coefficient (Wildman–Crippen LogP) is 2.25. The molecule has 30 heavy (non-hydrogen) atoms. The monoisotopic (exact) mass is 409 g/mol. The molecule has 2 aromatic rings. The van der Waals surface area contributed by atoms with Crippen LogP contribution >= 0.6 is 0 Å². The Bertz CT molecular complexity index is 1110. The first kappa shape index (κ1) is 20.2. The van der Waals surface area contributed by atoms with Gasteiger partial charge in [0.2, 0.25) is 5.43 Å². The number of nitriles is 1. The van der Waals surface area contributed by atoms with E-state index in [-0.39, 0.29) is 17.6 Å². The van der Waals surface area contributed by atoms with E-state index in [0.717, 1.165) is 49.1 Å². The minimum absolute atomic E-state index is 0.140. The van der Waals surface area contributed by atoms with Crippen LogP contribution in [0.1, 0.15) is 47.6 Å². The summed E-state index contributed by atoms with van der Waals surface area (Å²) in [6, 6.07) is 4.41. The summed E-state index contributed by atoms with van der Waals surface area (Å²) in [5.41, 5.74) is 8.56. The van der Waals surface area contributed by atoms with Gasteiger partial charge in [0.15, 0.2) is 0 Å². The van der Waals surface area contributed by atoms with E-state index in [1.165, 1.54) is 6.20 Å². The van der Waals surface area contributed by atoms with E-state index in [0.29, 0.717) is 23.4 Å². The zero-order chi connectivity index (χ0) is 21.6. The Morgan fingerprint density at radius 3 is 2.77 bits per heavy atom. The zero-order valence-corrected chi connectivity index (χ0v) is 17.3. The summed E-state index contributed by atoms with van der Waals surface area (Å²) >= 11 is 0. The molecule has 0 spiro atoms. The van der Waals surface area contributed by atoms with E-state index >= 15 is 0 Å². The van der Waals surface area contributed by atoms with Crippen molar-refractivity contribution >= 4 is 28.2 Å². The van der Waals surface area contributed by atoms with Crippen LogP contribution in [0.2, 0.25) is 0 Å². The number of hydrogen-bond acceptors (Lipinski definition) is 6. The van der Waals surface area contributed by atoms with Gasteiger partial charge in [-0.1, -0.05) is 0 Å². The Kier molecular flexibility index (Phi) is 5.16. The van der Waals surface area contributed by atoms with Gasteiger partial charge in [0.25, 0.3) is 0 Å². The van der Waals surface area contributed by atoms with E-state index in [1.54, 1.807) is 0 Å². The van der Waals surface area contributed by atoms with E-state index in [1.807, 2.05) is 24.6 Å². The van der Waals surface area contributed by atoms with Gasteiger partial charge < -0.3 is 25.6 Å². The quantitative estimate of drug-likeness (QED) is 0.625. The number of nitrogens with one attached hydrogen (secondary N) is 1. The Balaban J connectivity index is 1.82. The van der Waals surface area contributed by atoms with Gasteiger partial charge in [-0.15, -0.1) is 0 Å². The molecule has 2 heterocycles. The molecule has 158 valence electrons. The molecule has 4 N–H and O–H groups in total. The molecule has 1 aliphatic carbocycles. The van der Waals surface area contributed by atoms with Gasteiger partial charge in [-0.25, -0.2) is 4.79 Å². The van der Waals surface area contributed by atoms with Crippen LogP contribution in [0, 0.1) is 24.2 Å². The van der Waals surface area contributed by atoms with Crippen LogP contribution in [0.15, 0.2) is 17.1 Å². The molecular formula is C22H27N5O3. The number of nitrogen functional groups attached to an aromatic ring is 1. The number of carboxylic acid groups (broad SMARTS) is 1. The smallest absolute Gasteiger partial charge is 0.341 e. The average molecular weight is 409 g/mol. The van der Waals surface area contributed by atoms with E-state index in [4.69, 9.17) is 11.0 Å². The third-order valence-corrected chi connectivity index (χ3v) is 6.54. The normalized spacial score (nSPS) is 19.8. The lowest BCUT2D eigenvalue weighted by Crippen LogP contribution is -2.35. The van der Waals surface area contributed by atoms with Crippen LogP contribution in [0.4, 0.5) is 11.4 Å². The van der Waals surface area contributed by atoms with Crippen LogP contribution in [0.3, 0.4) is 0 Å². The van der Waals surface area contributed by atoms with Crippen molar-refractivity contribution in [2.45, 2.75) is 44.7 Å². The van der Waals surface area contributed by atoms with Crippen molar-refractivity contribution in [2.75, 3.05) is 30.8 Å². The molecule has 1 saturated carbocycles. The van der Waals surface area contributed by atoms with Crippen LogP contribution in [0.25, 0.3) is 10.9 Å². The molecule has 0 amide bonds. The molecule has 2 unspecified atom stereocenters. The van der Waals surface area contributed by atoms with Gasteiger partial charge in [-0.3, -0.25) is 4.79 Å². The molecule has 0 bridgehead atoms. The van der Waals surface area contributed by atoms with Crippen LogP contribution < -0.4 is 21.4 Å². The molecule has 2 aliphatic rings. The number of benzene rings is 1. The first-order valence-electron chi connectivity index (χ1n) is 10.4. The summed E-state index contributed by atoms with van der Waals surface area (Å²) in [6.45, 7) is 3.63. The van der Waals surface area contributed by atoms with Crippen molar-refractivity contribution in [2.24, 2.45) is 5.92 Å². The Labute approximate surface area is 174 Å². The second-order valence-electron chi connectivity index (χ2n) is 8.40. The second kappa shape index (κ2) is 7.65. The number of nitrogens with zero attached hydrogens (tertiary/aromatic N) is 3. The lowest BCUT2D eigenvalue weighted by Gasteiger charge is -2.26. The molecule has 1 aromatic heterocycles. The highest BCUT2D eigenvalue weighted by Gasteiger charge is 2.32. The Morgan fingerprint density at radius 1 is 1.43 bits per heavy atom. The number of carboxylic acids is 1. The number of anilines is 2. The second-order valence-corrected chi connectivity index (χ2v) is 8.40. The molecule has 2 atom stereocenters. The number of hydrogen-bond donors (Lipinski definition) is 3. The molecular weight excluding hydrogens is 382 g/mol. The number of pyridine rings is 1. The van der Waals surface area contributed by atoms with Crippen LogP contribution in [-0.2, 0) is 0 Å². The SMILES string of the molecule is CNC(CC#N)C1CCN(c2cc(N)c3c(=O)c(C(=O)O)cn(C4CC4)c3c2C)C1. The lowest BCUT2D eigenvalue weighted by atomic mass is 9.97. The fourth-order valence-corrected chi connectivity index (χ4v) is 4.79. The summed E-state index contributed by atoms with van der Waals surface area (Å²) < 4.78 is 1.94. The summed E-state index contributed by atoms with van der Waals surface area (Å²) in [6.07, 6.45) is 4.84. The number of fused-ring (bicyclic) bond motifs is 1. The minimum Gasteiger partial charge on any atom is -0.477 e. The minimum atomic E-state index is -1.23. The number of aromatic carboxylic acids is 1. The highest BCUT2D eigenvalue weighted by atomic mass is 16.4. The molecule has 1 aromatic carbocycles. The zero-order valence-electron chi connectivity index (χ0n) is 17.3. The van der Waals surface area contributed by atoms with Gasteiger partial charge in [0.1, 0.15) is 5.56 Å². The highest BCUT2D eigenvalue weighted by molar-refractivity contribution is 6.01. The Hall–Kier alpha value is -3.05. The van der Waals surface area contributed by atoms with E-state index in [2.05, 4.69) is 16.3 Å². The molecule has 4 rings (SSSR count). The number of carbonyl (C=O) groups is 1. The third kappa shape index (κ3) is 3.29. The fraction of sp³-hybridized carbons (Fsp3) is 0.500. The lowest BCUT2D eigenvalue weighted by molar-refractivity contribution is 0.0695. The molecule has 0 radical (unpaired) electrons. The van der Waals surface area contributed by atoms with Crippen molar-refractivity contribution in [3.8, 4) is 6.07 Å². The first-order valence-corrected chi connectivity index (χ1v) is 10.4. The van der Waals surface area contributed by atoms with Crippen molar-refractivity contribution in [3.05, 3.63) is 33.6 Å². The van der Waals surface area contributed by atoms with Gasteiger partial charge >= 0.3 is 5.97 Å². The summed E-state index contributed by atoms with van der Waals surface area (Å²) in [5.74, 6) is -0.874. The van der Waals surface area contributed by atoms with Gasteiger partial charge in [0, 0.05) is 42.7 Å². The van der Waals surface area contributed by atoms with Crippen molar-refractivity contribution in [1.82, 2.24) is 9.88 Å². The van der Waals surface area contributed by atoms with Crippen LogP contribution in [0.5, 0.6) is 0 Å². The summed E-state index contributed by atoms with van der Waals surface area (Å²) in [4.78, 5) is 26.8. The van der Waals surface area contributed by atoms with Gasteiger partial charge in [-0.2, -0.15) is 5.26 Å². The number of rotatable bonds is 6. The maximum atomic E-state index is 12.9. The predicted molar refractivity (Wildman–Crippen MR) is 116 cm³/mol. The fourth-order valence-electron chi connectivity index (χ4n) is 4.79. The molecule has 8 heteroatoms. The molecule has 2 fully saturated rings. The maximum Gasteiger partial charge on any atom is 0.341 e. The molecule has 1 aliphatic heterocycles. The third-order valence-electron chi connectivity index (χ3n) is 6.54. The Morgan fingerprint density at radius 2 is 2.17 bits per heavy atom. The van der Waals surface area contributed by atoms with Crippen LogP contribution in [-0.4, -0.2) is 41.8 Å². The first-order chi connectivity index (χ1) is 14.4. The standard InChI is InChI=1S/C22H27N5O3/c1-12-18(26-8-6-13(10-26)17(25-2)5-7-23)9-16(24)19-20(12)27(14-3-4-14)11-15(21(19)28)22(29)30/h9,11,13-14,17,25H,3-6,8,10,24H2,1-2H3,(H,29,30). The summed E-state index contributed by atoms with van der Waals surface area (Å²) in [5, 5.41) is 22.1. The van der Waals surface area contributed by atoms with E-state index in [9.17, 15) is 14.7 Å². The summed E-state index contributed by atoms with van der Waals surface area (Å²) in [7, 11) is 1.89. The van der Waals surface area contributed by atoms with Crippen molar-refractivity contribution < 1.29 is 9.90 Å². The number of nitrogens with two attached hydrogens (primary N) is 1. The average Bonchev–Trinajstić information content (AvgIpc) is 3.45. The largest absolute Gasteiger partial charge is 0.477 e. The highest BCUT2D eigenvalue weighted by Crippen LogP contribution is 2.41. The molecule has 1 saturated heterocycles. The topological polar surface area (TPSA) is 124 Å². The number of aryl methyl sites for hydroxylation is 1.